The summed E-state index contributed by atoms with van der Waals surface area (Å²) in [7, 11) is 5.09. The van der Waals surface area contributed by atoms with E-state index in [1.807, 2.05) is 13.8 Å². The van der Waals surface area contributed by atoms with Crippen LogP contribution in [0.25, 0.3) is 0 Å². The Balaban J connectivity index is 3.56. The van der Waals surface area contributed by atoms with Gasteiger partial charge < -0.3 is 4.74 Å². The van der Waals surface area contributed by atoms with Crippen LogP contribution >= 0.6 is 0 Å². The summed E-state index contributed by atoms with van der Waals surface area (Å²) < 4.78 is 4.88. The fourth-order valence-electron chi connectivity index (χ4n) is 0.242. The standard InChI is InChI=1S/C6H9BO2/c1-5(2)9-4-6(7)3-8/h3-5H,1-2H3/b6-4-. The molecule has 0 saturated heterocycles. The van der Waals surface area contributed by atoms with Gasteiger partial charge in [-0.25, -0.2) is 0 Å². The predicted octanol–water partition coefficient (Wildman–Crippen LogP) is 0.620. The number of carbonyl (C=O) groups excluding carboxylic acids is 1. The summed E-state index contributed by atoms with van der Waals surface area (Å²) in [6.07, 6.45) is 1.86. The van der Waals surface area contributed by atoms with E-state index < -0.39 is 0 Å². The molecule has 0 bridgehead atoms. The second-order valence-corrected chi connectivity index (χ2v) is 1.92. The number of hydrogen-bond acceptors (Lipinski definition) is 2. The zero-order valence-corrected chi connectivity index (χ0v) is 5.63. The highest BCUT2D eigenvalue weighted by Crippen LogP contribution is 1.90. The Morgan fingerprint density at radius 3 is 2.56 bits per heavy atom. The van der Waals surface area contributed by atoms with Crippen molar-refractivity contribution >= 4 is 14.1 Å². The van der Waals surface area contributed by atoms with Crippen LogP contribution in [0.4, 0.5) is 0 Å². The van der Waals surface area contributed by atoms with E-state index in [0.717, 1.165) is 0 Å². The van der Waals surface area contributed by atoms with Gasteiger partial charge in [-0.1, -0.05) is 0 Å². The largest absolute Gasteiger partial charge is 0.499 e. The summed E-state index contributed by atoms with van der Waals surface area (Å²) >= 11 is 0. The van der Waals surface area contributed by atoms with Gasteiger partial charge in [-0.3, -0.25) is 4.79 Å². The van der Waals surface area contributed by atoms with Gasteiger partial charge in [0.1, 0.15) is 14.1 Å². The first-order chi connectivity index (χ1) is 4.16. The minimum atomic E-state index is 0.0727. The van der Waals surface area contributed by atoms with Crippen LogP contribution in [0.3, 0.4) is 0 Å². The molecule has 0 aliphatic heterocycles. The van der Waals surface area contributed by atoms with Crippen molar-refractivity contribution in [3.63, 3.8) is 0 Å². The maximum atomic E-state index is 9.84. The SMILES string of the molecule is [B]/C(C=O)=C\OC(C)C. The highest BCUT2D eigenvalue weighted by Gasteiger charge is 1.87. The van der Waals surface area contributed by atoms with E-state index in [-0.39, 0.29) is 11.6 Å². The van der Waals surface area contributed by atoms with Gasteiger partial charge in [0.2, 0.25) is 0 Å². The molecule has 0 fully saturated rings. The lowest BCUT2D eigenvalue weighted by Gasteiger charge is -2.02. The minimum Gasteiger partial charge on any atom is -0.499 e. The molecule has 0 rings (SSSR count). The number of allylic oxidation sites excluding steroid dienone is 1. The molecule has 0 aromatic rings. The Kier molecular flexibility index (Phi) is 3.85. The van der Waals surface area contributed by atoms with Crippen LogP contribution in [0.1, 0.15) is 13.8 Å². The van der Waals surface area contributed by atoms with Gasteiger partial charge in [-0.15, -0.1) is 0 Å². The summed E-state index contributed by atoms with van der Waals surface area (Å²) in [5, 5.41) is 0. The molecule has 0 atom stereocenters. The fourth-order valence-corrected chi connectivity index (χ4v) is 0.242. The third-order valence-corrected chi connectivity index (χ3v) is 0.612. The second kappa shape index (κ2) is 4.18. The van der Waals surface area contributed by atoms with Crippen molar-refractivity contribution in [2.75, 3.05) is 0 Å². The molecule has 0 heterocycles. The molecule has 2 radical (unpaired) electrons. The van der Waals surface area contributed by atoms with E-state index in [4.69, 9.17) is 12.6 Å². The number of rotatable bonds is 3. The first-order valence-electron chi connectivity index (χ1n) is 2.73. The van der Waals surface area contributed by atoms with Crippen molar-refractivity contribution < 1.29 is 9.53 Å². The monoisotopic (exact) mass is 124 g/mol. The maximum Gasteiger partial charge on any atom is 0.138 e. The third-order valence-electron chi connectivity index (χ3n) is 0.612. The molecule has 9 heavy (non-hydrogen) atoms. The Labute approximate surface area is 56.3 Å². The summed E-state index contributed by atoms with van der Waals surface area (Å²) in [5.74, 6) is 0. The highest BCUT2D eigenvalue weighted by atomic mass is 16.5. The van der Waals surface area contributed by atoms with Gasteiger partial charge in [0.25, 0.3) is 0 Å². The molecule has 2 nitrogen and oxygen atoms in total. The van der Waals surface area contributed by atoms with Gasteiger partial charge in [0.15, 0.2) is 0 Å². The molecular weight excluding hydrogens is 115 g/mol. The smallest absolute Gasteiger partial charge is 0.138 e. The van der Waals surface area contributed by atoms with Gasteiger partial charge in [-0.05, 0) is 19.3 Å². The molecule has 0 aromatic carbocycles. The zero-order valence-electron chi connectivity index (χ0n) is 5.63. The van der Waals surface area contributed by atoms with Crippen molar-refractivity contribution in [3.05, 3.63) is 11.7 Å². The Hall–Kier alpha value is -0.725. The predicted molar refractivity (Wildman–Crippen MR) is 36.1 cm³/mol. The van der Waals surface area contributed by atoms with Crippen LogP contribution in [-0.4, -0.2) is 20.2 Å². The molecular formula is C6H9BO2. The number of hydrogen-bond donors (Lipinski definition) is 0. The first-order valence-corrected chi connectivity index (χ1v) is 2.73. The zero-order chi connectivity index (χ0) is 7.28. The first kappa shape index (κ1) is 8.27. The van der Waals surface area contributed by atoms with Crippen LogP contribution in [0.15, 0.2) is 11.7 Å². The molecule has 0 aromatic heterocycles. The van der Waals surface area contributed by atoms with Crippen molar-refractivity contribution in [2.45, 2.75) is 20.0 Å². The molecule has 0 spiro atoms. The second-order valence-electron chi connectivity index (χ2n) is 1.92. The van der Waals surface area contributed by atoms with Crippen LogP contribution in [-0.2, 0) is 9.53 Å². The average Bonchev–Trinajstić information content (AvgIpc) is 1.83. The molecule has 0 amide bonds. The van der Waals surface area contributed by atoms with Crippen LogP contribution < -0.4 is 0 Å². The number of carbonyl (C=O) groups is 1. The molecule has 0 aliphatic rings. The van der Waals surface area contributed by atoms with E-state index in [2.05, 4.69) is 0 Å². The summed E-state index contributed by atoms with van der Waals surface area (Å²) in [6.45, 7) is 3.71. The van der Waals surface area contributed by atoms with Crippen molar-refractivity contribution in [3.8, 4) is 0 Å². The van der Waals surface area contributed by atoms with Crippen LogP contribution in [0.5, 0.6) is 0 Å². The Morgan fingerprint density at radius 1 is 1.67 bits per heavy atom. The fraction of sp³-hybridized carbons (Fsp3) is 0.500. The van der Waals surface area contributed by atoms with E-state index in [1.165, 1.54) is 6.26 Å². The van der Waals surface area contributed by atoms with Gasteiger partial charge in [-0.2, -0.15) is 0 Å². The molecule has 48 valence electrons. The maximum absolute atomic E-state index is 9.84. The summed E-state index contributed by atoms with van der Waals surface area (Å²) in [4.78, 5) is 9.84. The molecule has 0 saturated carbocycles. The molecule has 0 aliphatic carbocycles. The Bertz CT molecular complexity index is 118. The molecule has 3 heteroatoms. The lowest BCUT2D eigenvalue weighted by molar-refractivity contribution is -0.104. The number of aldehydes is 1. The van der Waals surface area contributed by atoms with E-state index >= 15 is 0 Å². The summed E-state index contributed by atoms with van der Waals surface area (Å²) in [5.41, 5.74) is 0.115. The number of ether oxygens (including phenoxy) is 1. The molecule has 0 N–H and O–H groups in total. The van der Waals surface area contributed by atoms with Crippen LogP contribution in [0, 0.1) is 0 Å². The average molecular weight is 124 g/mol. The van der Waals surface area contributed by atoms with E-state index in [0.29, 0.717) is 6.29 Å². The topological polar surface area (TPSA) is 26.3 Å². The minimum absolute atomic E-state index is 0.0727. The van der Waals surface area contributed by atoms with Crippen molar-refractivity contribution in [1.29, 1.82) is 0 Å². The Morgan fingerprint density at radius 2 is 2.22 bits per heavy atom. The summed E-state index contributed by atoms with van der Waals surface area (Å²) in [6, 6.07) is 0. The highest BCUT2D eigenvalue weighted by molar-refractivity contribution is 6.31. The van der Waals surface area contributed by atoms with Gasteiger partial charge in [0, 0.05) is 0 Å². The third kappa shape index (κ3) is 5.14. The normalized spacial score (nSPS) is 11.7. The lowest BCUT2D eigenvalue weighted by atomic mass is 10.00. The van der Waals surface area contributed by atoms with Crippen molar-refractivity contribution in [1.82, 2.24) is 0 Å². The van der Waals surface area contributed by atoms with Gasteiger partial charge in [0.05, 0.1) is 12.4 Å². The molecule has 0 unspecified atom stereocenters. The van der Waals surface area contributed by atoms with Gasteiger partial charge >= 0.3 is 0 Å². The van der Waals surface area contributed by atoms with E-state index in [1.54, 1.807) is 0 Å². The van der Waals surface area contributed by atoms with Crippen LogP contribution in [0.2, 0.25) is 0 Å². The quantitative estimate of drug-likeness (QED) is 0.238. The lowest BCUT2D eigenvalue weighted by Crippen LogP contribution is -1.97. The van der Waals surface area contributed by atoms with Crippen molar-refractivity contribution in [2.24, 2.45) is 0 Å². The van der Waals surface area contributed by atoms with E-state index in [9.17, 15) is 4.79 Å².